The van der Waals surface area contributed by atoms with E-state index < -0.39 is 0 Å². The van der Waals surface area contributed by atoms with Crippen LogP contribution in [-0.4, -0.2) is 61.6 Å². The van der Waals surface area contributed by atoms with Crippen LogP contribution in [0.2, 0.25) is 0 Å². The third kappa shape index (κ3) is 3.38. The van der Waals surface area contributed by atoms with E-state index in [1.54, 1.807) is 25.1 Å². The zero-order valence-electron chi connectivity index (χ0n) is 15.7. The Morgan fingerprint density at radius 1 is 1.22 bits per heavy atom. The van der Waals surface area contributed by atoms with Crippen LogP contribution in [0.1, 0.15) is 6.42 Å². The average Bonchev–Trinajstić information content (AvgIpc) is 3.07. The Bertz CT molecular complexity index is 1000. The number of rotatable bonds is 6. The van der Waals surface area contributed by atoms with Crippen molar-refractivity contribution in [2.45, 2.75) is 13.0 Å². The highest BCUT2D eigenvalue weighted by atomic mass is 16.5. The predicted octanol–water partition coefficient (Wildman–Crippen LogP) is 0.200. The van der Waals surface area contributed by atoms with Gasteiger partial charge in [-0.2, -0.15) is 0 Å². The summed E-state index contributed by atoms with van der Waals surface area (Å²) in [6, 6.07) is 3.69. The molecule has 0 unspecified atom stereocenters. The van der Waals surface area contributed by atoms with Gasteiger partial charge in [0.15, 0.2) is 11.5 Å². The summed E-state index contributed by atoms with van der Waals surface area (Å²) in [7, 11) is 3.18. The van der Waals surface area contributed by atoms with Crippen LogP contribution < -0.4 is 19.9 Å². The van der Waals surface area contributed by atoms with Crippen molar-refractivity contribution >= 4 is 21.9 Å². The molecule has 4 rings (SSSR count). The van der Waals surface area contributed by atoms with Gasteiger partial charge >= 0.3 is 0 Å². The smallest absolute Gasteiger partial charge is 0.277 e. The molecule has 0 aliphatic carbocycles. The second kappa shape index (κ2) is 7.58. The molecule has 1 aliphatic heterocycles. The van der Waals surface area contributed by atoms with Gasteiger partial charge in [-0.3, -0.25) is 9.36 Å². The van der Waals surface area contributed by atoms with Crippen molar-refractivity contribution in [1.82, 2.24) is 14.5 Å². The van der Waals surface area contributed by atoms with E-state index in [2.05, 4.69) is 9.97 Å². The van der Waals surface area contributed by atoms with E-state index in [9.17, 15) is 4.79 Å². The van der Waals surface area contributed by atoms with Crippen LogP contribution in [0.5, 0.6) is 11.5 Å². The maximum atomic E-state index is 12.9. The molecule has 144 valence electrons. The minimum absolute atomic E-state index is 0.0499. The minimum Gasteiger partial charge on any atom is -0.493 e. The van der Waals surface area contributed by atoms with Crippen LogP contribution >= 0.6 is 0 Å². The molecule has 0 amide bonds. The van der Waals surface area contributed by atoms with E-state index in [4.69, 9.17) is 14.2 Å². The first-order chi connectivity index (χ1) is 13.2. The number of aryl methyl sites for hydroxylation is 1. The average molecular weight is 373 g/mol. The number of fused-ring (bicyclic) bond motifs is 3. The second-order valence-electron chi connectivity index (χ2n) is 6.81. The van der Waals surface area contributed by atoms with Crippen molar-refractivity contribution in [3.05, 3.63) is 28.8 Å². The lowest BCUT2D eigenvalue weighted by molar-refractivity contribution is -0.908. The summed E-state index contributed by atoms with van der Waals surface area (Å²) in [6.07, 6.45) is 2.58. The lowest BCUT2D eigenvalue weighted by Crippen LogP contribution is -3.14. The number of nitrogens with one attached hydrogen (secondary N) is 2. The number of H-pyrrole nitrogens is 1. The van der Waals surface area contributed by atoms with Gasteiger partial charge in [-0.25, -0.2) is 4.98 Å². The molecule has 8 heteroatoms. The first-order valence-electron chi connectivity index (χ1n) is 9.25. The number of methoxy groups -OCH3 is 2. The van der Waals surface area contributed by atoms with Crippen molar-refractivity contribution in [2.24, 2.45) is 0 Å². The molecule has 0 spiro atoms. The molecule has 2 N–H and O–H groups in total. The number of benzene rings is 1. The molecule has 3 heterocycles. The number of aromatic amines is 1. The Morgan fingerprint density at radius 3 is 2.70 bits per heavy atom. The molecule has 27 heavy (non-hydrogen) atoms. The van der Waals surface area contributed by atoms with Crippen molar-refractivity contribution in [2.75, 3.05) is 47.1 Å². The standard InChI is InChI=1S/C19H24N4O4/c1-25-15-10-13-14(11-16(15)26-2)21-18-17(13)20-12-23(19(18)24)5-3-4-22-6-8-27-9-7-22/h10-12,21H,3-9H2,1-2H3/p+1. The van der Waals surface area contributed by atoms with Gasteiger partial charge in [0.1, 0.15) is 24.1 Å². The van der Waals surface area contributed by atoms with E-state index in [0.29, 0.717) is 29.1 Å². The van der Waals surface area contributed by atoms with Crippen LogP contribution in [0.25, 0.3) is 21.9 Å². The molecule has 0 atom stereocenters. The van der Waals surface area contributed by atoms with Crippen LogP contribution in [0.15, 0.2) is 23.3 Å². The van der Waals surface area contributed by atoms with Gasteiger partial charge in [0.05, 0.1) is 45.8 Å². The first kappa shape index (κ1) is 17.8. The fraction of sp³-hybridized carbons (Fsp3) is 0.474. The molecule has 1 saturated heterocycles. The lowest BCUT2D eigenvalue weighted by atomic mass is 10.2. The lowest BCUT2D eigenvalue weighted by Gasteiger charge is -2.23. The summed E-state index contributed by atoms with van der Waals surface area (Å²) in [5.41, 5.74) is 1.93. The Balaban J connectivity index is 1.61. The quantitative estimate of drug-likeness (QED) is 0.645. The normalized spacial score (nSPS) is 15.5. The Kier molecular flexibility index (Phi) is 5.00. The molecule has 2 aromatic heterocycles. The van der Waals surface area contributed by atoms with Gasteiger partial charge in [-0.1, -0.05) is 0 Å². The number of ether oxygens (including phenoxy) is 3. The topological polar surface area (TPSA) is 82.8 Å². The summed E-state index contributed by atoms with van der Waals surface area (Å²) in [6.45, 7) is 5.42. The highest BCUT2D eigenvalue weighted by Crippen LogP contribution is 2.34. The summed E-state index contributed by atoms with van der Waals surface area (Å²) in [5, 5.41) is 0.852. The van der Waals surface area contributed by atoms with Gasteiger partial charge in [0.25, 0.3) is 5.56 Å². The van der Waals surface area contributed by atoms with E-state index in [1.165, 1.54) is 4.90 Å². The Labute approximate surface area is 156 Å². The maximum absolute atomic E-state index is 12.9. The first-order valence-corrected chi connectivity index (χ1v) is 9.25. The van der Waals surface area contributed by atoms with Gasteiger partial charge < -0.3 is 24.1 Å². The zero-order chi connectivity index (χ0) is 18.8. The van der Waals surface area contributed by atoms with Crippen LogP contribution in [0.4, 0.5) is 0 Å². The van der Waals surface area contributed by atoms with Crippen molar-refractivity contribution in [1.29, 1.82) is 0 Å². The van der Waals surface area contributed by atoms with E-state index in [-0.39, 0.29) is 5.56 Å². The fourth-order valence-electron chi connectivity index (χ4n) is 3.69. The third-order valence-electron chi connectivity index (χ3n) is 5.21. The summed E-state index contributed by atoms with van der Waals surface area (Å²) in [5.74, 6) is 1.23. The highest BCUT2D eigenvalue weighted by Gasteiger charge is 2.16. The van der Waals surface area contributed by atoms with E-state index in [0.717, 1.165) is 50.2 Å². The van der Waals surface area contributed by atoms with Gasteiger partial charge in [0.2, 0.25) is 0 Å². The van der Waals surface area contributed by atoms with Crippen LogP contribution in [-0.2, 0) is 11.3 Å². The Hall–Kier alpha value is -2.58. The largest absolute Gasteiger partial charge is 0.493 e. The number of aromatic nitrogens is 3. The van der Waals surface area contributed by atoms with Crippen molar-refractivity contribution < 1.29 is 19.1 Å². The molecular formula is C19H25N4O4+. The van der Waals surface area contributed by atoms with E-state index in [1.807, 2.05) is 12.1 Å². The number of quaternary nitrogens is 1. The van der Waals surface area contributed by atoms with Crippen LogP contribution in [0, 0.1) is 0 Å². The molecule has 1 aliphatic rings. The molecule has 1 fully saturated rings. The van der Waals surface area contributed by atoms with Gasteiger partial charge in [-0.05, 0) is 6.07 Å². The summed E-state index contributed by atoms with van der Waals surface area (Å²) >= 11 is 0. The zero-order valence-corrected chi connectivity index (χ0v) is 15.7. The third-order valence-corrected chi connectivity index (χ3v) is 5.21. The summed E-state index contributed by atoms with van der Waals surface area (Å²) in [4.78, 5) is 22.2. The van der Waals surface area contributed by atoms with Gasteiger partial charge in [-0.15, -0.1) is 0 Å². The number of hydrogen-bond acceptors (Lipinski definition) is 5. The second-order valence-corrected chi connectivity index (χ2v) is 6.81. The monoisotopic (exact) mass is 373 g/mol. The highest BCUT2D eigenvalue weighted by molar-refractivity contribution is 6.05. The predicted molar refractivity (Wildman–Crippen MR) is 102 cm³/mol. The minimum atomic E-state index is -0.0499. The SMILES string of the molecule is COc1cc2[nH]c3c(=O)n(CCC[NH+]4CCOCC4)cnc3c2cc1OC. The molecule has 8 nitrogen and oxygen atoms in total. The number of nitrogens with zero attached hydrogens (tertiary/aromatic N) is 2. The number of morpholine rings is 1. The van der Waals surface area contributed by atoms with Crippen LogP contribution in [0.3, 0.4) is 0 Å². The maximum Gasteiger partial charge on any atom is 0.277 e. The van der Waals surface area contributed by atoms with Crippen molar-refractivity contribution in [3.8, 4) is 11.5 Å². The molecule has 3 aromatic rings. The fourth-order valence-corrected chi connectivity index (χ4v) is 3.69. The van der Waals surface area contributed by atoms with Gasteiger partial charge in [0, 0.05) is 24.4 Å². The molecule has 0 saturated carbocycles. The molecule has 0 bridgehead atoms. The molecular weight excluding hydrogens is 348 g/mol. The van der Waals surface area contributed by atoms with E-state index >= 15 is 0 Å². The molecule has 0 radical (unpaired) electrons. The number of hydrogen-bond donors (Lipinski definition) is 2. The Morgan fingerprint density at radius 2 is 1.96 bits per heavy atom. The molecule has 1 aromatic carbocycles. The summed E-state index contributed by atoms with van der Waals surface area (Å²) < 4.78 is 17.8. The van der Waals surface area contributed by atoms with Crippen molar-refractivity contribution in [3.63, 3.8) is 0 Å².